The van der Waals surface area contributed by atoms with E-state index < -0.39 is 10.2 Å². The number of alkyl halides is 1. The summed E-state index contributed by atoms with van der Waals surface area (Å²) < 4.78 is 27.6. The van der Waals surface area contributed by atoms with Gasteiger partial charge in [-0.25, -0.2) is 0 Å². The fourth-order valence-electron chi connectivity index (χ4n) is 0.922. The lowest BCUT2D eigenvalue weighted by molar-refractivity contribution is 0.586. The van der Waals surface area contributed by atoms with Crippen molar-refractivity contribution in [2.75, 3.05) is 11.3 Å². The highest BCUT2D eigenvalue weighted by Gasteiger charge is 2.09. The molecule has 0 aliphatic carbocycles. The van der Waals surface area contributed by atoms with Gasteiger partial charge in [-0.05, 0) is 19.1 Å². The van der Waals surface area contributed by atoms with Crippen LogP contribution in [0, 0.1) is 0 Å². The van der Waals surface area contributed by atoms with E-state index in [2.05, 4.69) is 9.44 Å². The number of rotatable bonds is 5. The van der Waals surface area contributed by atoms with Crippen molar-refractivity contribution in [2.24, 2.45) is 0 Å². The first-order valence-corrected chi connectivity index (χ1v) is 6.38. The van der Waals surface area contributed by atoms with E-state index in [9.17, 15) is 8.42 Å². The average Bonchev–Trinajstić information content (AvgIpc) is 2.16. The third kappa shape index (κ3) is 5.01. The van der Waals surface area contributed by atoms with Crippen LogP contribution in [0.15, 0.2) is 30.3 Å². The molecule has 1 aromatic rings. The summed E-state index contributed by atoms with van der Waals surface area (Å²) in [5, 5.41) is -0.239. The minimum atomic E-state index is -3.51. The first kappa shape index (κ1) is 12.3. The summed E-state index contributed by atoms with van der Waals surface area (Å²) in [7, 11) is -3.51. The zero-order valence-corrected chi connectivity index (χ0v) is 9.85. The lowest BCUT2D eigenvalue weighted by atomic mass is 10.3. The normalized spacial score (nSPS) is 13.5. The average molecular weight is 249 g/mol. The molecule has 1 atom stereocenters. The van der Waals surface area contributed by atoms with Crippen molar-refractivity contribution in [3.63, 3.8) is 0 Å². The molecule has 84 valence electrons. The van der Waals surface area contributed by atoms with E-state index in [0.717, 1.165) is 0 Å². The van der Waals surface area contributed by atoms with Gasteiger partial charge in [-0.15, -0.1) is 11.6 Å². The molecular formula is C9H13ClN2O2S. The van der Waals surface area contributed by atoms with Crippen molar-refractivity contribution in [1.82, 2.24) is 4.72 Å². The second-order valence-corrected chi connectivity index (χ2v) is 5.35. The number of para-hydroxylation sites is 1. The minimum Gasteiger partial charge on any atom is -0.271 e. The van der Waals surface area contributed by atoms with Crippen LogP contribution in [0.1, 0.15) is 6.92 Å². The molecular weight excluding hydrogens is 236 g/mol. The molecule has 0 aliphatic rings. The van der Waals surface area contributed by atoms with Gasteiger partial charge in [0.1, 0.15) is 0 Å². The van der Waals surface area contributed by atoms with Crippen molar-refractivity contribution in [3.05, 3.63) is 30.3 Å². The molecule has 4 nitrogen and oxygen atoms in total. The Morgan fingerprint density at radius 1 is 1.33 bits per heavy atom. The summed E-state index contributed by atoms with van der Waals surface area (Å²) >= 11 is 5.63. The van der Waals surface area contributed by atoms with Crippen LogP contribution in [0.3, 0.4) is 0 Å². The van der Waals surface area contributed by atoms with Crippen LogP contribution >= 0.6 is 11.6 Å². The van der Waals surface area contributed by atoms with Crippen molar-refractivity contribution in [3.8, 4) is 0 Å². The predicted octanol–water partition coefficient (Wildman–Crippen LogP) is 1.56. The molecule has 2 N–H and O–H groups in total. The van der Waals surface area contributed by atoms with Gasteiger partial charge in [0.2, 0.25) is 0 Å². The summed E-state index contributed by atoms with van der Waals surface area (Å²) in [6, 6.07) is 8.66. The highest BCUT2D eigenvalue weighted by Crippen LogP contribution is 2.06. The summed E-state index contributed by atoms with van der Waals surface area (Å²) in [4.78, 5) is 0. The van der Waals surface area contributed by atoms with Crippen molar-refractivity contribution in [1.29, 1.82) is 0 Å². The largest absolute Gasteiger partial charge is 0.299 e. The van der Waals surface area contributed by atoms with E-state index in [0.29, 0.717) is 5.69 Å². The Labute approximate surface area is 94.8 Å². The number of hydrogen-bond acceptors (Lipinski definition) is 2. The Bertz CT molecular complexity index is 392. The number of benzene rings is 1. The number of nitrogens with one attached hydrogen (secondary N) is 2. The number of anilines is 1. The first-order chi connectivity index (χ1) is 6.99. The van der Waals surface area contributed by atoms with E-state index in [-0.39, 0.29) is 11.9 Å². The molecule has 1 aromatic carbocycles. The highest BCUT2D eigenvalue weighted by molar-refractivity contribution is 7.90. The second-order valence-electron chi connectivity index (χ2n) is 3.10. The van der Waals surface area contributed by atoms with Crippen molar-refractivity contribution < 1.29 is 8.42 Å². The van der Waals surface area contributed by atoms with Crippen LogP contribution in [0.2, 0.25) is 0 Å². The third-order valence-electron chi connectivity index (χ3n) is 1.58. The maximum Gasteiger partial charge on any atom is 0.299 e. The highest BCUT2D eigenvalue weighted by atomic mass is 35.5. The van der Waals surface area contributed by atoms with E-state index in [1.807, 2.05) is 6.07 Å². The van der Waals surface area contributed by atoms with Gasteiger partial charge in [-0.2, -0.15) is 13.1 Å². The molecule has 6 heteroatoms. The molecule has 0 spiro atoms. The van der Waals surface area contributed by atoms with Crippen LogP contribution in [-0.4, -0.2) is 20.3 Å². The van der Waals surface area contributed by atoms with Gasteiger partial charge in [0.15, 0.2) is 0 Å². The lowest BCUT2D eigenvalue weighted by Crippen LogP contribution is -2.33. The topological polar surface area (TPSA) is 58.2 Å². The maximum atomic E-state index is 11.4. The van der Waals surface area contributed by atoms with E-state index in [1.165, 1.54) is 0 Å². The van der Waals surface area contributed by atoms with Gasteiger partial charge in [0, 0.05) is 17.6 Å². The van der Waals surface area contributed by atoms with Gasteiger partial charge in [0.25, 0.3) is 10.2 Å². The molecule has 0 heterocycles. The van der Waals surface area contributed by atoms with Crippen LogP contribution in [-0.2, 0) is 10.2 Å². The standard InChI is InChI=1S/C9H13ClN2O2S/c1-8(10)7-11-15(13,14)12-9-5-3-2-4-6-9/h2-6,8,11-12H,7H2,1H3. The van der Waals surface area contributed by atoms with Crippen molar-refractivity contribution >= 4 is 27.5 Å². The molecule has 1 unspecified atom stereocenters. The Kier molecular flexibility index (Phi) is 4.38. The molecule has 0 fully saturated rings. The molecule has 15 heavy (non-hydrogen) atoms. The van der Waals surface area contributed by atoms with Crippen molar-refractivity contribution in [2.45, 2.75) is 12.3 Å². The molecule has 1 rings (SSSR count). The Morgan fingerprint density at radius 2 is 1.93 bits per heavy atom. The van der Waals surface area contributed by atoms with E-state index >= 15 is 0 Å². The molecule has 0 aromatic heterocycles. The van der Waals surface area contributed by atoms with Gasteiger partial charge in [0.05, 0.1) is 0 Å². The molecule has 0 radical (unpaired) electrons. The minimum absolute atomic E-state index is 0.198. The fourth-order valence-corrected chi connectivity index (χ4v) is 2.08. The monoisotopic (exact) mass is 248 g/mol. The zero-order valence-electron chi connectivity index (χ0n) is 8.27. The molecule has 0 saturated carbocycles. The van der Waals surface area contributed by atoms with Gasteiger partial charge < -0.3 is 0 Å². The van der Waals surface area contributed by atoms with E-state index in [4.69, 9.17) is 11.6 Å². The summed E-state index contributed by atoms with van der Waals surface area (Å²) in [5.74, 6) is 0. The molecule has 0 bridgehead atoms. The smallest absolute Gasteiger partial charge is 0.271 e. The number of hydrogen-bond donors (Lipinski definition) is 2. The third-order valence-corrected chi connectivity index (χ3v) is 2.79. The maximum absolute atomic E-state index is 11.4. The Balaban J connectivity index is 2.57. The zero-order chi connectivity index (χ0) is 11.3. The molecule has 0 aliphatic heterocycles. The predicted molar refractivity (Wildman–Crippen MR) is 62.3 cm³/mol. The fraction of sp³-hybridized carbons (Fsp3) is 0.333. The van der Waals surface area contributed by atoms with Crippen LogP contribution < -0.4 is 9.44 Å². The quantitative estimate of drug-likeness (QED) is 0.777. The number of halogens is 1. The van der Waals surface area contributed by atoms with E-state index in [1.54, 1.807) is 31.2 Å². The van der Waals surface area contributed by atoms with Gasteiger partial charge >= 0.3 is 0 Å². The van der Waals surface area contributed by atoms with Gasteiger partial charge in [-0.1, -0.05) is 18.2 Å². The lowest BCUT2D eigenvalue weighted by Gasteiger charge is -2.09. The second kappa shape index (κ2) is 5.34. The van der Waals surface area contributed by atoms with Crippen LogP contribution in [0.5, 0.6) is 0 Å². The van der Waals surface area contributed by atoms with Crippen LogP contribution in [0.25, 0.3) is 0 Å². The summed E-state index contributed by atoms with van der Waals surface area (Å²) in [6.45, 7) is 1.91. The van der Waals surface area contributed by atoms with Gasteiger partial charge in [-0.3, -0.25) is 4.72 Å². The molecule has 0 amide bonds. The molecule has 0 saturated heterocycles. The first-order valence-electron chi connectivity index (χ1n) is 4.46. The Hall–Kier alpha value is -0.780. The van der Waals surface area contributed by atoms with Crippen LogP contribution in [0.4, 0.5) is 5.69 Å². The summed E-state index contributed by atoms with van der Waals surface area (Å²) in [5.41, 5.74) is 0.521. The Morgan fingerprint density at radius 3 is 2.47 bits per heavy atom. The SMILES string of the molecule is CC(Cl)CNS(=O)(=O)Nc1ccccc1. The summed E-state index contributed by atoms with van der Waals surface area (Å²) in [6.07, 6.45) is 0.